The van der Waals surface area contributed by atoms with Crippen LogP contribution >= 0.6 is 0 Å². The molecule has 22 heavy (non-hydrogen) atoms. The lowest BCUT2D eigenvalue weighted by Crippen LogP contribution is -2.20. The first-order valence-electron chi connectivity index (χ1n) is 7.87. The van der Waals surface area contributed by atoms with E-state index in [9.17, 15) is 5.11 Å². The molecular weight excluding hydrogens is 274 g/mol. The monoisotopic (exact) mass is 299 g/mol. The van der Waals surface area contributed by atoms with Gasteiger partial charge in [-0.2, -0.15) is 0 Å². The van der Waals surface area contributed by atoms with Crippen LogP contribution in [0, 0.1) is 0 Å². The third kappa shape index (κ3) is 4.78. The highest BCUT2D eigenvalue weighted by Crippen LogP contribution is 2.21. The molecule has 0 aliphatic rings. The van der Waals surface area contributed by atoms with Crippen molar-refractivity contribution in [2.45, 2.75) is 25.9 Å². The molecule has 0 bridgehead atoms. The van der Waals surface area contributed by atoms with Crippen LogP contribution in [0.2, 0.25) is 0 Å². The van der Waals surface area contributed by atoms with E-state index in [1.54, 1.807) is 0 Å². The Bertz CT molecular complexity index is 539. The largest absolute Gasteiger partial charge is 0.494 e. The maximum atomic E-state index is 10.3. The summed E-state index contributed by atoms with van der Waals surface area (Å²) in [5.41, 5.74) is 2.10. The molecule has 0 saturated carbocycles. The Balaban J connectivity index is 1.85. The van der Waals surface area contributed by atoms with Crippen molar-refractivity contribution in [3.8, 4) is 5.75 Å². The van der Waals surface area contributed by atoms with Crippen molar-refractivity contribution >= 4 is 5.69 Å². The number of hydrogen-bond acceptors (Lipinski definition) is 3. The summed E-state index contributed by atoms with van der Waals surface area (Å²) in [5.74, 6) is 0.860. The number of aliphatic hydroxyl groups excluding tert-OH is 1. The summed E-state index contributed by atoms with van der Waals surface area (Å²) in [6, 6.07) is 17.9. The second-order valence-electron chi connectivity index (χ2n) is 5.48. The van der Waals surface area contributed by atoms with Gasteiger partial charge < -0.3 is 14.7 Å². The van der Waals surface area contributed by atoms with Crippen LogP contribution in [0.5, 0.6) is 5.75 Å². The van der Waals surface area contributed by atoms with Crippen molar-refractivity contribution in [2.24, 2.45) is 0 Å². The molecule has 0 spiro atoms. The van der Waals surface area contributed by atoms with E-state index in [-0.39, 0.29) is 0 Å². The molecule has 1 atom stereocenters. The molecule has 0 saturated heterocycles. The van der Waals surface area contributed by atoms with Crippen LogP contribution in [0.15, 0.2) is 54.6 Å². The molecule has 0 aliphatic heterocycles. The van der Waals surface area contributed by atoms with Gasteiger partial charge in [-0.25, -0.2) is 0 Å². The van der Waals surface area contributed by atoms with Crippen molar-refractivity contribution in [1.82, 2.24) is 0 Å². The van der Waals surface area contributed by atoms with Crippen LogP contribution in [0.4, 0.5) is 5.69 Å². The molecule has 2 aromatic rings. The van der Waals surface area contributed by atoms with Gasteiger partial charge in [0.25, 0.3) is 0 Å². The lowest BCUT2D eigenvalue weighted by molar-refractivity contribution is 0.169. The quantitative estimate of drug-likeness (QED) is 0.798. The summed E-state index contributed by atoms with van der Waals surface area (Å²) in [6.45, 7) is 3.62. The zero-order chi connectivity index (χ0) is 15.8. The molecule has 1 N–H and O–H groups in total. The molecule has 2 rings (SSSR count). The summed E-state index contributed by atoms with van der Waals surface area (Å²) >= 11 is 0. The highest BCUT2D eigenvalue weighted by molar-refractivity contribution is 5.44. The third-order valence-corrected chi connectivity index (χ3v) is 3.67. The van der Waals surface area contributed by atoms with Crippen LogP contribution in [0.25, 0.3) is 0 Å². The third-order valence-electron chi connectivity index (χ3n) is 3.67. The Hall–Kier alpha value is -2.00. The van der Waals surface area contributed by atoms with Gasteiger partial charge in [0, 0.05) is 19.3 Å². The van der Waals surface area contributed by atoms with Crippen LogP contribution in [-0.2, 0) is 0 Å². The lowest BCUT2D eigenvalue weighted by atomic mass is 10.1. The Morgan fingerprint density at radius 3 is 2.36 bits per heavy atom. The van der Waals surface area contributed by atoms with Gasteiger partial charge in [-0.05, 0) is 42.7 Å². The molecule has 0 heterocycles. The number of rotatable bonds is 8. The fourth-order valence-corrected chi connectivity index (χ4v) is 2.30. The maximum Gasteiger partial charge on any atom is 0.119 e. The molecule has 0 fully saturated rings. The van der Waals surface area contributed by atoms with Crippen molar-refractivity contribution in [1.29, 1.82) is 0 Å². The fraction of sp³-hybridized carbons (Fsp3) is 0.368. The van der Waals surface area contributed by atoms with E-state index in [0.717, 1.165) is 36.6 Å². The Morgan fingerprint density at radius 1 is 1.05 bits per heavy atom. The normalized spacial score (nSPS) is 12.0. The van der Waals surface area contributed by atoms with Crippen LogP contribution < -0.4 is 9.64 Å². The number of nitrogens with zero attached hydrogens (tertiary/aromatic N) is 1. The molecule has 118 valence electrons. The highest BCUT2D eigenvalue weighted by atomic mass is 16.5. The molecule has 3 heteroatoms. The predicted octanol–water partition coefficient (Wildman–Crippen LogP) is 4.04. The molecule has 0 aromatic heterocycles. The molecule has 2 aromatic carbocycles. The minimum atomic E-state index is -0.452. The number of hydrogen-bond donors (Lipinski definition) is 1. The average molecular weight is 299 g/mol. The van der Waals surface area contributed by atoms with E-state index in [4.69, 9.17) is 4.74 Å². The first kappa shape index (κ1) is 16.4. The van der Waals surface area contributed by atoms with E-state index in [1.165, 1.54) is 0 Å². The van der Waals surface area contributed by atoms with Crippen molar-refractivity contribution in [2.75, 3.05) is 25.1 Å². The number of ether oxygens (including phenoxy) is 1. The van der Waals surface area contributed by atoms with Crippen LogP contribution in [-0.4, -0.2) is 25.3 Å². The number of benzene rings is 2. The van der Waals surface area contributed by atoms with E-state index in [0.29, 0.717) is 6.42 Å². The second kappa shape index (κ2) is 8.44. The molecule has 3 nitrogen and oxygen atoms in total. The number of anilines is 1. The Kier molecular flexibility index (Phi) is 6.28. The van der Waals surface area contributed by atoms with Gasteiger partial charge in [0.1, 0.15) is 5.75 Å². The van der Waals surface area contributed by atoms with Crippen molar-refractivity contribution < 1.29 is 9.84 Å². The molecular formula is C19H25NO2. The summed E-state index contributed by atoms with van der Waals surface area (Å²) in [5, 5.41) is 10.3. The van der Waals surface area contributed by atoms with E-state index >= 15 is 0 Å². The van der Waals surface area contributed by atoms with E-state index < -0.39 is 6.10 Å². The van der Waals surface area contributed by atoms with Crippen LogP contribution in [0.3, 0.4) is 0 Å². The average Bonchev–Trinajstić information content (AvgIpc) is 2.58. The van der Waals surface area contributed by atoms with E-state index in [2.05, 4.69) is 24.0 Å². The van der Waals surface area contributed by atoms with Gasteiger partial charge >= 0.3 is 0 Å². The van der Waals surface area contributed by atoms with Gasteiger partial charge in [0.2, 0.25) is 0 Å². The number of para-hydroxylation sites is 1. The van der Waals surface area contributed by atoms with Gasteiger partial charge in [-0.3, -0.25) is 0 Å². The predicted molar refractivity (Wildman–Crippen MR) is 91.5 cm³/mol. The Morgan fingerprint density at radius 2 is 1.73 bits per heavy atom. The maximum absolute atomic E-state index is 10.3. The first-order chi connectivity index (χ1) is 10.7. The molecule has 0 amide bonds. The zero-order valence-electron chi connectivity index (χ0n) is 13.4. The summed E-state index contributed by atoms with van der Waals surface area (Å²) in [4.78, 5) is 2.15. The fourth-order valence-electron chi connectivity index (χ4n) is 2.30. The smallest absolute Gasteiger partial charge is 0.119 e. The van der Waals surface area contributed by atoms with Gasteiger partial charge in [0.15, 0.2) is 0 Å². The minimum absolute atomic E-state index is 0.452. The van der Waals surface area contributed by atoms with Crippen molar-refractivity contribution in [3.63, 3.8) is 0 Å². The second-order valence-corrected chi connectivity index (χ2v) is 5.48. The van der Waals surface area contributed by atoms with Gasteiger partial charge in [0.05, 0.1) is 12.7 Å². The molecule has 0 radical (unpaired) electrons. The van der Waals surface area contributed by atoms with Gasteiger partial charge in [-0.15, -0.1) is 0 Å². The molecule has 1 unspecified atom stereocenters. The molecule has 0 aliphatic carbocycles. The van der Waals surface area contributed by atoms with Crippen molar-refractivity contribution in [3.05, 3.63) is 60.2 Å². The standard InChI is InChI=1S/C19H25NO2/c1-3-15-22-18-11-9-16(10-12-18)19(21)13-14-20(2)17-7-5-4-6-8-17/h4-12,19,21H,3,13-15H2,1-2H3. The summed E-state index contributed by atoms with van der Waals surface area (Å²) < 4.78 is 5.56. The minimum Gasteiger partial charge on any atom is -0.494 e. The summed E-state index contributed by atoms with van der Waals surface area (Å²) in [6.07, 6.45) is 1.24. The van der Waals surface area contributed by atoms with Gasteiger partial charge in [-0.1, -0.05) is 37.3 Å². The summed E-state index contributed by atoms with van der Waals surface area (Å²) in [7, 11) is 2.05. The SMILES string of the molecule is CCCOc1ccc(C(O)CCN(C)c2ccccc2)cc1. The van der Waals surface area contributed by atoms with Crippen LogP contribution in [0.1, 0.15) is 31.4 Å². The zero-order valence-corrected chi connectivity index (χ0v) is 13.4. The topological polar surface area (TPSA) is 32.7 Å². The van der Waals surface area contributed by atoms with E-state index in [1.807, 2.05) is 49.5 Å². The first-order valence-corrected chi connectivity index (χ1v) is 7.87. The Labute approximate surface area is 133 Å². The lowest BCUT2D eigenvalue weighted by Gasteiger charge is -2.21. The number of aliphatic hydroxyl groups is 1. The highest BCUT2D eigenvalue weighted by Gasteiger charge is 2.09.